The van der Waals surface area contributed by atoms with E-state index in [4.69, 9.17) is 0 Å². The van der Waals surface area contributed by atoms with Crippen LogP contribution in [-0.4, -0.2) is 41.3 Å². The molecule has 1 heterocycles. The lowest BCUT2D eigenvalue weighted by Gasteiger charge is -2.39. The maximum Gasteiger partial charge on any atom is 0.133 e. The average molecular weight is 222 g/mol. The molecule has 0 unspecified atom stereocenters. The Morgan fingerprint density at radius 3 is 2.81 bits per heavy atom. The zero-order chi connectivity index (χ0) is 11.6. The lowest BCUT2D eigenvalue weighted by atomic mass is 9.80. The Morgan fingerprint density at radius 1 is 1.50 bits per heavy atom. The SMILES string of the molecule is CNc1cc(N(C)CC2(O)CCC2)ncn1. The van der Waals surface area contributed by atoms with E-state index in [-0.39, 0.29) is 0 Å². The van der Waals surface area contributed by atoms with Crippen LogP contribution in [0, 0.1) is 0 Å². The normalized spacial score (nSPS) is 17.7. The first-order valence-electron chi connectivity index (χ1n) is 5.56. The van der Waals surface area contributed by atoms with Gasteiger partial charge in [0.15, 0.2) is 0 Å². The van der Waals surface area contributed by atoms with Crippen molar-refractivity contribution in [2.45, 2.75) is 24.9 Å². The fourth-order valence-electron chi connectivity index (χ4n) is 1.96. The van der Waals surface area contributed by atoms with Crippen LogP contribution in [0.25, 0.3) is 0 Å². The van der Waals surface area contributed by atoms with E-state index >= 15 is 0 Å². The molecule has 0 aliphatic heterocycles. The van der Waals surface area contributed by atoms with Gasteiger partial charge in [-0.3, -0.25) is 0 Å². The molecule has 2 N–H and O–H groups in total. The van der Waals surface area contributed by atoms with Gasteiger partial charge in [-0.25, -0.2) is 9.97 Å². The molecule has 0 saturated heterocycles. The van der Waals surface area contributed by atoms with Crippen LogP contribution < -0.4 is 10.2 Å². The number of rotatable bonds is 4. The number of aromatic nitrogens is 2. The van der Waals surface area contributed by atoms with E-state index in [1.165, 1.54) is 6.33 Å². The predicted molar refractivity (Wildman–Crippen MR) is 63.6 cm³/mol. The Bertz CT molecular complexity index is 365. The molecule has 1 saturated carbocycles. The van der Waals surface area contributed by atoms with Crippen molar-refractivity contribution in [2.75, 3.05) is 30.9 Å². The van der Waals surface area contributed by atoms with E-state index in [0.29, 0.717) is 6.54 Å². The van der Waals surface area contributed by atoms with Crippen molar-refractivity contribution < 1.29 is 5.11 Å². The number of aliphatic hydroxyl groups is 1. The summed E-state index contributed by atoms with van der Waals surface area (Å²) in [5, 5.41) is 13.0. The van der Waals surface area contributed by atoms with Gasteiger partial charge in [-0.2, -0.15) is 0 Å². The molecule has 0 spiro atoms. The zero-order valence-corrected chi connectivity index (χ0v) is 9.77. The molecule has 2 rings (SSSR count). The highest BCUT2D eigenvalue weighted by Crippen LogP contribution is 2.32. The van der Waals surface area contributed by atoms with Gasteiger partial charge in [-0.15, -0.1) is 0 Å². The summed E-state index contributed by atoms with van der Waals surface area (Å²) in [6, 6.07) is 1.88. The number of anilines is 2. The van der Waals surface area contributed by atoms with Gasteiger partial charge in [0.2, 0.25) is 0 Å². The molecule has 16 heavy (non-hydrogen) atoms. The summed E-state index contributed by atoms with van der Waals surface area (Å²) in [5.41, 5.74) is -0.514. The summed E-state index contributed by atoms with van der Waals surface area (Å²) in [6.45, 7) is 0.632. The summed E-state index contributed by atoms with van der Waals surface area (Å²) >= 11 is 0. The quantitative estimate of drug-likeness (QED) is 0.791. The Labute approximate surface area is 95.5 Å². The van der Waals surface area contributed by atoms with Crippen LogP contribution in [0.2, 0.25) is 0 Å². The van der Waals surface area contributed by atoms with E-state index < -0.39 is 5.60 Å². The molecule has 88 valence electrons. The van der Waals surface area contributed by atoms with E-state index in [2.05, 4.69) is 15.3 Å². The summed E-state index contributed by atoms with van der Waals surface area (Å²) in [4.78, 5) is 10.2. The molecule has 0 amide bonds. The third-order valence-electron chi connectivity index (χ3n) is 3.12. The fraction of sp³-hybridized carbons (Fsp3) is 0.636. The van der Waals surface area contributed by atoms with E-state index in [0.717, 1.165) is 30.9 Å². The van der Waals surface area contributed by atoms with Gasteiger partial charge >= 0.3 is 0 Å². The maximum atomic E-state index is 10.1. The van der Waals surface area contributed by atoms with Crippen molar-refractivity contribution in [3.05, 3.63) is 12.4 Å². The van der Waals surface area contributed by atoms with Gasteiger partial charge in [0.05, 0.1) is 5.60 Å². The number of hydrogen-bond acceptors (Lipinski definition) is 5. The van der Waals surface area contributed by atoms with Crippen molar-refractivity contribution in [3.8, 4) is 0 Å². The predicted octanol–water partition coefficient (Wildman–Crippen LogP) is 0.869. The van der Waals surface area contributed by atoms with E-state index in [1.807, 2.05) is 25.1 Å². The minimum atomic E-state index is -0.514. The monoisotopic (exact) mass is 222 g/mol. The highest BCUT2D eigenvalue weighted by molar-refractivity contribution is 5.47. The first-order valence-corrected chi connectivity index (χ1v) is 5.56. The van der Waals surface area contributed by atoms with Crippen LogP contribution >= 0.6 is 0 Å². The third-order valence-corrected chi connectivity index (χ3v) is 3.12. The summed E-state index contributed by atoms with van der Waals surface area (Å²) in [5.74, 6) is 1.62. The molecule has 0 bridgehead atoms. The molecule has 0 radical (unpaired) electrons. The molecule has 5 heteroatoms. The standard InChI is InChI=1S/C11H18N4O/c1-12-9-6-10(14-8-13-9)15(2)7-11(16)4-3-5-11/h6,8,16H,3-5,7H2,1-2H3,(H,12,13,14). The molecule has 1 aromatic rings. The van der Waals surface area contributed by atoms with Gasteiger partial charge < -0.3 is 15.3 Å². The fourth-order valence-corrected chi connectivity index (χ4v) is 1.96. The summed E-state index contributed by atoms with van der Waals surface area (Å²) < 4.78 is 0. The summed E-state index contributed by atoms with van der Waals surface area (Å²) in [7, 11) is 3.77. The molecule has 1 aromatic heterocycles. The summed E-state index contributed by atoms with van der Waals surface area (Å²) in [6.07, 6.45) is 4.43. The molecule has 1 aliphatic rings. The van der Waals surface area contributed by atoms with Crippen molar-refractivity contribution in [2.24, 2.45) is 0 Å². The van der Waals surface area contributed by atoms with Crippen LogP contribution in [-0.2, 0) is 0 Å². The Hall–Kier alpha value is -1.36. The smallest absolute Gasteiger partial charge is 0.133 e. The lowest BCUT2D eigenvalue weighted by Crippen LogP contribution is -2.47. The van der Waals surface area contributed by atoms with Crippen molar-refractivity contribution in [1.29, 1.82) is 0 Å². The Balaban J connectivity index is 2.04. The zero-order valence-electron chi connectivity index (χ0n) is 9.77. The lowest BCUT2D eigenvalue weighted by molar-refractivity contribution is -0.0248. The average Bonchev–Trinajstić information content (AvgIpc) is 2.27. The second-order valence-corrected chi connectivity index (χ2v) is 4.45. The van der Waals surface area contributed by atoms with Gasteiger partial charge in [0, 0.05) is 26.7 Å². The van der Waals surface area contributed by atoms with E-state index in [1.54, 1.807) is 0 Å². The topological polar surface area (TPSA) is 61.3 Å². The molecule has 5 nitrogen and oxygen atoms in total. The number of likely N-dealkylation sites (N-methyl/N-ethyl adjacent to an activating group) is 1. The molecular formula is C11H18N4O. The Kier molecular flexibility index (Phi) is 2.96. The Morgan fingerprint density at radius 2 is 2.25 bits per heavy atom. The molecule has 0 atom stereocenters. The molecule has 1 aliphatic carbocycles. The molecular weight excluding hydrogens is 204 g/mol. The van der Waals surface area contributed by atoms with Crippen molar-refractivity contribution in [1.82, 2.24) is 9.97 Å². The van der Waals surface area contributed by atoms with Crippen LogP contribution in [0.4, 0.5) is 11.6 Å². The highest BCUT2D eigenvalue weighted by Gasteiger charge is 2.35. The van der Waals surface area contributed by atoms with Crippen LogP contribution in [0.5, 0.6) is 0 Å². The maximum absolute atomic E-state index is 10.1. The molecule has 0 aromatic carbocycles. The van der Waals surface area contributed by atoms with Crippen molar-refractivity contribution >= 4 is 11.6 Å². The van der Waals surface area contributed by atoms with Crippen LogP contribution in [0.3, 0.4) is 0 Å². The highest BCUT2D eigenvalue weighted by atomic mass is 16.3. The second kappa shape index (κ2) is 4.25. The third kappa shape index (κ3) is 2.24. The first kappa shape index (κ1) is 11.1. The minimum Gasteiger partial charge on any atom is -0.388 e. The minimum absolute atomic E-state index is 0.514. The number of nitrogens with one attached hydrogen (secondary N) is 1. The van der Waals surface area contributed by atoms with Crippen LogP contribution in [0.15, 0.2) is 12.4 Å². The first-order chi connectivity index (χ1) is 7.63. The second-order valence-electron chi connectivity index (χ2n) is 4.45. The largest absolute Gasteiger partial charge is 0.388 e. The number of hydrogen-bond donors (Lipinski definition) is 2. The van der Waals surface area contributed by atoms with Gasteiger partial charge in [-0.1, -0.05) is 0 Å². The van der Waals surface area contributed by atoms with Gasteiger partial charge in [-0.05, 0) is 19.3 Å². The van der Waals surface area contributed by atoms with E-state index in [9.17, 15) is 5.11 Å². The number of nitrogens with zero attached hydrogens (tertiary/aromatic N) is 3. The van der Waals surface area contributed by atoms with Crippen LogP contribution in [0.1, 0.15) is 19.3 Å². The van der Waals surface area contributed by atoms with Gasteiger partial charge in [0.1, 0.15) is 18.0 Å². The van der Waals surface area contributed by atoms with Gasteiger partial charge in [0.25, 0.3) is 0 Å². The molecule has 1 fully saturated rings. The van der Waals surface area contributed by atoms with Crippen molar-refractivity contribution in [3.63, 3.8) is 0 Å².